The summed E-state index contributed by atoms with van der Waals surface area (Å²) in [6.07, 6.45) is 18.4. The highest BCUT2D eigenvalue weighted by Gasteiger charge is 2.10. The van der Waals surface area contributed by atoms with Gasteiger partial charge in [0.1, 0.15) is 53.5 Å². The van der Waals surface area contributed by atoms with Crippen molar-refractivity contribution in [3.05, 3.63) is 65.7 Å². The molecule has 0 aliphatic rings. The SMILES string of the molecule is CCCCCCOc1cc(COc2cc(O)cc(OCc3cc(OCCCCCC)cc(OCCCCCC)c3)c2)cc(OCCCCCC)c1. The number of benzene rings is 3. The van der Waals surface area contributed by atoms with Gasteiger partial charge in [-0.05, 0) is 61.1 Å². The fraction of sp³-hybridized carbons (Fsp3) is 0.591. The predicted molar refractivity (Wildman–Crippen MR) is 208 cm³/mol. The molecule has 3 aromatic carbocycles. The minimum atomic E-state index is 0.0722. The molecule has 0 saturated heterocycles. The number of phenols is 1. The fourth-order valence-electron chi connectivity index (χ4n) is 5.69. The van der Waals surface area contributed by atoms with Crippen LogP contribution in [0, 0.1) is 0 Å². The van der Waals surface area contributed by atoms with Crippen LogP contribution in [0.4, 0.5) is 0 Å². The largest absolute Gasteiger partial charge is 0.508 e. The number of hydrogen-bond acceptors (Lipinski definition) is 7. The molecular weight excluding hydrogens is 640 g/mol. The van der Waals surface area contributed by atoms with Crippen LogP contribution in [0.3, 0.4) is 0 Å². The van der Waals surface area contributed by atoms with E-state index in [4.69, 9.17) is 28.4 Å². The molecule has 3 aromatic rings. The van der Waals surface area contributed by atoms with Crippen LogP contribution in [0.2, 0.25) is 0 Å². The standard InChI is InChI=1S/C44H66O7/c1-5-9-13-17-21-46-39-25-36(26-40(31-39)47-22-18-14-10-6-2)34-50-43-29-38(45)30-44(33-43)51-35-37-27-41(48-23-19-15-11-7-3)32-42(28-37)49-24-20-16-12-8-4/h25-33,45H,5-24,34-35H2,1-4H3. The normalized spacial score (nSPS) is 11.0. The molecule has 0 bridgehead atoms. The molecule has 51 heavy (non-hydrogen) atoms. The average molecular weight is 707 g/mol. The molecule has 7 nitrogen and oxygen atoms in total. The first-order valence-electron chi connectivity index (χ1n) is 19.9. The van der Waals surface area contributed by atoms with Gasteiger partial charge in [-0.3, -0.25) is 0 Å². The van der Waals surface area contributed by atoms with Gasteiger partial charge in [0.2, 0.25) is 0 Å². The molecule has 0 saturated carbocycles. The Morgan fingerprint density at radius 3 is 0.882 bits per heavy atom. The molecular formula is C44H66O7. The summed E-state index contributed by atoms with van der Waals surface area (Å²) in [5, 5.41) is 10.6. The van der Waals surface area contributed by atoms with Crippen molar-refractivity contribution in [2.75, 3.05) is 26.4 Å². The lowest BCUT2D eigenvalue weighted by Crippen LogP contribution is -2.03. The van der Waals surface area contributed by atoms with Gasteiger partial charge >= 0.3 is 0 Å². The maximum Gasteiger partial charge on any atom is 0.127 e. The van der Waals surface area contributed by atoms with Crippen LogP contribution in [0.5, 0.6) is 40.2 Å². The number of ether oxygens (including phenoxy) is 6. The third-order valence-corrected chi connectivity index (χ3v) is 8.62. The molecule has 0 amide bonds. The molecule has 3 rings (SSSR count). The van der Waals surface area contributed by atoms with Gasteiger partial charge in [0.25, 0.3) is 0 Å². The molecule has 0 heterocycles. The smallest absolute Gasteiger partial charge is 0.127 e. The predicted octanol–water partition coefficient (Wildman–Crippen LogP) is 12.4. The zero-order valence-electron chi connectivity index (χ0n) is 32.1. The third-order valence-electron chi connectivity index (χ3n) is 8.62. The van der Waals surface area contributed by atoms with E-state index in [-0.39, 0.29) is 5.75 Å². The molecule has 0 unspecified atom stereocenters. The monoisotopic (exact) mass is 706 g/mol. The molecule has 0 aliphatic carbocycles. The Morgan fingerprint density at radius 1 is 0.333 bits per heavy atom. The summed E-state index contributed by atoms with van der Waals surface area (Å²) in [6, 6.07) is 17.0. The van der Waals surface area contributed by atoms with Crippen molar-refractivity contribution in [2.45, 2.75) is 144 Å². The first-order valence-corrected chi connectivity index (χ1v) is 19.9. The van der Waals surface area contributed by atoms with E-state index in [2.05, 4.69) is 27.7 Å². The van der Waals surface area contributed by atoms with Gasteiger partial charge in [-0.15, -0.1) is 0 Å². The van der Waals surface area contributed by atoms with Crippen molar-refractivity contribution in [2.24, 2.45) is 0 Å². The quantitative estimate of drug-likeness (QED) is 0.0692. The van der Waals surface area contributed by atoms with E-state index in [1.807, 2.05) is 36.4 Å². The minimum absolute atomic E-state index is 0.0722. The Kier molecular flexibility index (Phi) is 21.3. The van der Waals surface area contributed by atoms with Gasteiger partial charge in [0.15, 0.2) is 0 Å². The van der Waals surface area contributed by atoms with Gasteiger partial charge in [-0.2, -0.15) is 0 Å². The molecule has 7 heteroatoms. The Bertz CT molecular complexity index is 1180. The summed E-state index contributed by atoms with van der Waals surface area (Å²) in [7, 11) is 0. The molecule has 1 N–H and O–H groups in total. The van der Waals surface area contributed by atoms with E-state index in [9.17, 15) is 5.11 Å². The third kappa shape index (κ3) is 18.4. The van der Waals surface area contributed by atoms with E-state index in [0.717, 1.165) is 85.5 Å². The van der Waals surface area contributed by atoms with Crippen molar-refractivity contribution < 1.29 is 33.5 Å². The van der Waals surface area contributed by atoms with E-state index < -0.39 is 0 Å². The zero-order valence-corrected chi connectivity index (χ0v) is 32.1. The van der Waals surface area contributed by atoms with E-state index in [0.29, 0.717) is 51.1 Å². The molecule has 0 radical (unpaired) electrons. The van der Waals surface area contributed by atoms with Crippen molar-refractivity contribution in [3.63, 3.8) is 0 Å². The molecule has 0 aliphatic heterocycles. The number of phenolic OH excluding ortho intramolecular Hbond substituents is 1. The van der Waals surface area contributed by atoms with Crippen LogP contribution in [0.25, 0.3) is 0 Å². The maximum absolute atomic E-state index is 10.6. The number of aromatic hydroxyl groups is 1. The lowest BCUT2D eigenvalue weighted by atomic mass is 10.2. The van der Waals surface area contributed by atoms with Crippen LogP contribution in [-0.2, 0) is 13.2 Å². The fourth-order valence-corrected chi connectivity index (χ4v) is 5.69. The second kappa shape index (κ2) is 26.1. The number of unbranched alkanes of at least 4 members (excludes halogenated alkanes) is 12. The van der Waals surface area contributed by atoms with E-state index in [1.165, 1.54) is 51.4 Å². The van der Waals surface area contributed by atoms with Gasteiger partial charge in [0.05, 0.1) is 26.4 Å². The topological polar surface area (TPSA) is 75.6 Å². The van der Waals surface area contributed by atoms with Gasteiger partial charge in [0, 0.05) is 30.3 Å². The van der Waals surface area contributed by atoms with E-state index >= 15 is 0 Å². The van der Waals surface area contributed by atoms with Crippen molar-refractivity contribution in [1.82, 2.24) is 0 Å². The molecule has 0 aromatic heterocycles. The van der Waals surface area contributed by atoms with Crippen LogP contribution >= 0.6 is 0 Å². The lowest BCUT2D eigenvalue weighted by molar-refractivity contribution is 0.275. The van der Waals surface area contributed by atoms with Crippen molar-refractivity contribution in [3.8, 4) is 40.2 Å². The summed E-state index contributed by atoms with van der Waals surface area (Å²) in [5.41, 5.74) is 1.87. The first-order chi connectivity index (χ1) is 25.0. The van der Waals surface area contributed by atoms with Gasteiger partial charge in [-0.1, -0.05) is 105 Å². The highest BCUT2D eigenvalue weighted by Crippen LogP contribution is 2.31. The Morgan fingerprint density at radius 2 is 0.608 bits per heavy atom. The zero-order chi connectivity index (χ0) is 36.4. The highest BCUT2D eigenvalue weighted by atomic mass is 16.5. The lowest BCUT2D eigenvalue weighted by Gasteiger charge is -2.15. The van der Waals surface area contributed by atoms with Crippen molar-refractivity contribution >= 4 is 0 Å². The van der Waals surface area contributed by atoms with Crippen LogP contribution in [0.1, 0.15) is 142 Å². The molecule has 0 spiro atoms. The molecule has 0 atom stereocenters. The van der Waals surface area contributed by atoms with E-state index in [1.54, 1.807) is 18.2 Å². The van der Waals surface area contributed by atoms with Gasteiger partial charge < -0.3 is 33.5 Å². The van der Waals surface area contributed by atoms with Crippen LogP contribution < -0.4 is 28.4 Å². The summed E-state index contributed by atoms with van der Waals surface area (Å²) >= 11 is 0. The number of rotatable bonds is 30. The van der Waals surface area contributed by atoms with Gasteiger partial charge in [-0.25, -0.2) is 0 Å². The second-order valence-electron chi connectivity index (χ2n) is 13.5. The summed E-state index contributed by atoms with van der Waals surface area (Å²) in [6.45, 7) is 12.1. The molecule has 284 valence electrons. The second-order valence-corrected chi connectivity index (χ2v) is 13.5. The Labute approximate surface area is 309 Å². The summed E-state index contributed by atoms with van der Waals surface area (Å²) < 4.78 is 36.8. The average Bonchev–Trinajstić information content (AvgIpc) is 3.12. The maximum atomic E-state index is 10.6. The summed E-state index contributed by atoms with van der Waals surface area (Å²) in [5.74, 6) is 4.24. The van der Waals surface area contributed by atoms with Crippen LogP contribution in [-0.4, -0.2) is 31.5 Å². The number of hydrogen-bond donors (Lipinski definition) is 1. The highest BCUT2D eigenvalue weighted by molar-refractivity contribution is 5.43. The first kappa shape index (κ1) is 41.7. The van der Waals surface area contributed by atoms with Crippen LogP contribution in [0.15, 0.2) is 54.6 Å². The minimum Gasteiger partial charge on any atom is -0.508 e. The molecule has 0 fully saturated rings. The van der Waals surface area contributed by atoms with Crippen molar-refractivity contribution in [1.29, 1.82) is 0 Å². The Balaban J connectivity index is 1.65. The summed E-state index contributed by atoms with van der Waals surface area (Å²) in [4.78, 5) is 0. The Hall–Kier alpha value is -3.74.